The molecule has 0 bridgehead atoms. The summed E-state index contributed by atoms with van der Waals surface area (Å²) in [5.74, 6) is 0.879. The highest BCUT2D eigenvalue weighted by molar-refractivity contribution is 7.09. The molecule has 3 rings (SSSR count). The van der Waals surface area contributed by atoms with E-state index in [2.05, 4.69) is 47.1 Å². The zero-order valence-electron chi connectivity index (χ0n) is 11.3. The maximum absolute atomic E-state index is 3.44. The Morgan fingerprint density at radius 3 is 2.42 bits per heavy atom. The number of thiophene rings is 1. The molecule has 0 spiro atoms. The first kappa shape index (κ1) is 12.9. The fourth-order valence-electron chi connectivity index (χ4n) is 2.83. The summed E-state index contributed by atoms with van der Waals surface area (Å²) in [5, 5.41) is 5.59. The number of hydrogen-bond acceptors (Lipinski definition) is 2. The van der Waals surface area contributed by atoms with Crippen LogP contribution in [-0.4, -0.2) is 13.1 Å². The molecule has 0 amide bonds. The van der Waals surface area contributed by atoms with E-state index in [9.17, 15) is 0 Å². The van der Waals surface area contributed by atoms with Gasteiger partial charge >= 0.3 is 0 Å². The molecule has 0 atom stereocenters. The second-order valence-corrected chi connectivity index (χ2v) is 6.50. The molecule has 1 fully saturated rings. The van der Waals surface area contributed by atoms with Crippen molar-refractivity contribution < 1.29 is 0 Å². The van der Waals surface area contributed by atoms with Gasteiger partial charge in [0.1, 0.15) is 0 Å². The average Bonchev–Trinajstić information content (AvgIpc) is 2.95. The van der Waals surface area contributed by atoms with E-state index in [4.69, 9.17) is 0 Å². The summed E-state index contributed by atoms with van der Waals surface area (Å²) in [5.41, 5.74) is 2.93. The van der Waals surface area contributed by atoms with Crippen LogP contribution in [0.3, 0.4) is 0 Å². The summed E-state index contributed by atoms with van der Waals surface area (Å²) < 4.78 is 0. The van der Waals surface area contributed by atoms with Crippen LogP contribution in [-0.2, 0) is 12.8 Å². The van der Waals surface area contributed by atoms with E-state index in [0.717, 1.165) is 12.3 Å². The topological polar surface area (TPSA) is 12.0 Å². The highest BCUT2D eigenvalue weighted by Crippen LogP contribution is 2.20. The Balaban J connectivity index is 1.58. The fraction of sp³-hybridized carbons (Fsp3) is 0.412. The molecule has 0 radical (unpaired) electrons. The quantitative estimate of drug-likeness (QED) is 0.890. The van der Waals surface area contributed by atoms with Crippen molar-refractivity contribution in [1.82, 2.24) is 5.32 Å². The van der Waals surface area contributed by atoms with E-state index in [1.807, 2.05) is 11.3 Å². The van der Waals surface area contributed by atoms with E-state index in [-0.39, 0.29) is 0 Å². The van der Waals surface area contributed by atoms with Crippen LogP contribution in [0.25, 0.3) is 0 Å². The standard InChI is InChI=1S/C17H21NS/c1-2-17(19-11-1)13-15-5-3-14(4-6-15)12-16-7-9-18-10-8-16/h1-6,11,16,18H,7-10,12-13H2. The summed E-state index contributed by atoms with van der Waals surface area (Å²) in [6.07, 6.45) is 4.99. The van der Waals surface area contributed by atoms with Crippen molar-refractivity contribution >= 4 is 11.3 Å². The molecule has 1 aromatic heterocycles. The van der Waals surface area contributed by atoms with Crippen LogP contribution in [0.4, 0.5) is 0 Å². The summed E-state index contributed by atoms with van der Waals surface area (Å²) in [6, 6.07) is 13.6. The lowest BCUT2D eigenvalue weighted by molar-refractivity contribution is 0.372. The molecule has 100 valence electrons. The Morgan fingerprint density at radius 1 is 1.00 bits per heavy atom. The lowest BCUT2D eigenvalue weighted by Crippen LogP contribution is -2.28. The van der Waals surface area contributed by atoms with Gasteiger partial charge in [0.15, 0.2) is 0 Å². The Morgan fingerprint density at radius 2 is 1.74 bits per heavy atom. The van der Waals surface area contributed by atoms with Gasteiger partial charge in [-0.2, -0.15) is 0 Å². The molecule has 1 aliphatic heterocycles. The van der Waals surface area contributed by atoms with Crippen LogP contribution in [0.2, 0.25) is 0 Å². The monoisotopic (exact) mass is 271 g/mol. The minimum Gasteiger partial charge on any atom is -0.317 e. The SMILES string of the molecule is c1csc(Cc2ccc(CC3CCNCC3)cc2)c1. The van der Waals surface area contributed by atoms with E-state index in [1.54, 1.807) is 0 Å². The maximum atomic E-state index is 3.44. The molecule has 2 aromatic rings. The zero-order chi connectivity index (χ0) is 12.9. The number of nitrogens with one attached hydrogen (secondary N) is 1. The first-order valence-corrected chi connectivity index (χ1v) is 8.09. The van der Waals surface area contributed by atoms with Crippen LogP contribution in [0.5, 0.6) is 0 Å². The molecule has 0 aliphatic carbocycles. The number of hydrogen-bond donors (Lipinski definition) is 1. The molecule has 1 N–H and O–H groups in total. The summed E-state index contributed by atoms with van der Waals surface area (Å²) in [7, 11) is 0. The predicted octanol–water partition coefficient (Wildman–Crippen LogP) is 3.88. The highest BCUT2D eigenvalue weighted by atomic mass is 32.1. The van der Waals surface area contributed by atoms with E-state index < -0.39 is 0 Å². The van der Waals surface area contributed by atoms with Crippen LogP contribution < -0.4 is 5.32 Å². The van der Waals surface area contributed by atoms with Gasteiger partial charge in [-0.05, 0) is 60.8 Å². The molecule has 0 saturated carbocycles. The van der Waals surface area contributed by atoms with Crippen molar-refractivity contribution in [3.8, 4) is 0 Å². The zero-order valence-corrected chi connectivity index (χ0v) is 12.1. The molecule has 1 nitrogen and oxygen atoms in total. The number of benzene rings is 1. The Bertz CT molecular complexity index is 480. The fourth-order valence-corrected chi connectivity index (χ4v) is 3.57. The molecule has 1 saturated heterocycles. The summed E-state index contributed by atoms with van der Waals surface area (Å²) in [6.45, 7) is 2.39. The van der Waals surface area contributed by atoms with Crippen LogP contribution in [0, 0.1) is 5.92 Å². The van der Waals surface area contributed by atoms with Gasteiger partial charge in [0.05, 0.1) is 0 Å². The Labute approximate surface area is 119 Å². The van der Waals surface area contributed by atoms with Crippen LogP contribution in [0.15, 0.2) is 41.8 Å². The van der Waals surface area contributed by atoms with Gasteiger partial charge in [0.25, 0.3) is 0 Å². The molecule has 0 unspecified atom stereocenters. The van der Waals surface area contributed by atoms with Gasteiger partial charge in [-0.3, -0.25) is 0 Å². The minimum absolute atomic E-state index is 0.879. The predicted molar refractivity (Wildman–Crippen MR) is 82.9 cm³/mol. The molecule has 1 aliphatic rings. The maximum Gasteiger partial charge on any atom is 0.00890 e. The second-order valence-electron chi connectivity index (χ2n) is 5.47. The van der Waals surface area contributed by atoms with Crippen molar-refractivity contribution in [3.05, 3.63) is 57.8 Å². The highest BCUT2D eigenvalue weighted by Gasteiger charge is 2.13. The summed E-state index contributed by atoms with van der Waals surface area (Å²) >= 11 is 1.84. The van der Waals surface area contributed by atoms with Crippen molar-refractivity contribution in [2.75, 3.05) is 13.1 Å². The van der Waals surface area contributed by atoms with Gasteiger partial charge in [-0.25, -0.2) is 0 Å². The third-order valence-corrected chi connectivity index (χ3v) is 4.84. The lowest BCUT2D eigenvalue weighted by atomic mass is 9.90. The first-order chi connectivity index (χ1) is 9.40. The smallest absolute Gasteiger partial charge is 0.00890 e. The van der Waals surface area contributed by atoms with Gasteiger partial charge in [0, 0.05) is 11.3 Å². The third kappa shape index (κ3) is 3.68. The normalized spacial score (nSPS) is 16.6. The molecule has 2 heterocycles. The van der Waals surface area contributed by atoms with Crippen LogP contribution in [0.1, 0.15) is 28.8 Å². The second kappa shape index (κ2) is 6.36. The Kier molecular flexibility index (Phi) is 4.31. The Hall–Kier alpha value is -1.12. The van der Waals surface area contributed by atoms with Gasteiger partial charge in [-0.15, -0.1) is 11.3 Å². The van der Waals surface area contributed by atoms with Crippen LogP contribution >= 0.6 is 11.3 Å². The lowest BCUT2D eigenvalue weighted by Gasteiger charge is -2.22. The van der Waals surface area contributed by atoms with Crippen molar-refractivity contribution in [3.63, 3.8) is 0 Å². The van der Waals surface area contributed by atoms with Gasteiger partial charge in [0.2, 0.25) is 0 Å². The summed E-state index contributed by atoms with van der Waals surface area (Å²) in [4.78, 5) is 1.45. The van der Waals surface area contributed by atoms with Crippen molar-refractivity contribution in [2.24, 2.45) is 5.92 Å². The van der Waals surface area contributed by atoms with E-state index in [0.29, 0.717) is 0 Å². The molecular weight excluding hydrogens is 250 g/mol. The number of piperidine rings is 1. The van der Waals surface area contributed by atoms with Crippen molar-refractivity contribution in [2.45, 2.75) is 25.7 Å². The number of rotatable bonds is 4. The molecular formula is C17H21NS. The third-order valence-electron chi connectivity index (χ3n) is 3.96. The minimum atomic E-state index is 0.879. The first-order valence-electron chi connectivity index (χ1n) is 7.21. The average molecular weight is 271 g/mol. The molecule has 2 heteroatoms. The molecule has 19 heavy (non-hydrogen) atoms. The largest absolute Gasteiger partial charge is 0.317 e. The van der Waals surface area contributed by atoms with E-state index in [1.165, 1.54) is 48.4 Å². The molecule has 1 aromatic carbocycles. The van der Waals surface area contributed by atoms with E-state index >= 15 is 0 Å². The van der Waals surface area contributed by atoms with Gasteiger partial charge in [-0.1, -0.05) is 30.3 Å². The van der Waals surface area contributed by atoms with Gasteiger partial charge < -0.3 is 5.32 Å². The van der Waals surface area contributed by atoms with Crippen molar-refractivity contribution in [1.29, 1.82) is 0 Å².